The van der Waals surface area contributed by atoms with Gasteiger partial charge in [0.2, 0.25) is 0 Å². The summed E-state index contributed by atoms with van der Waals surface area (Å²) < 4.78 is 0. The molecule has 0 saturated heterocycles. The SMILES string of the molecule is Br.CC1=CCN(CCO)C=C1. The third-order valence-electron chi connectivity index (χ3n) is 1.58. The van der Waals surface area contributed by atoms with E-state index >= 15 is 0 Å². The van der Waals surface area contributed by atoms with Gasteiger partial charge in [-0.3, -0.25) is 0 Å². The molecular formula is C8H14BrNO. The Kier molecular flexibility index (Phi) is 5.24. The molecule has 0 aromatic rings. The second kappa shape index (κ2) is 5.38. The van der Waals surface area contributed by atoms with Gasteiger partial charge in [0.15, 0.2) is 0 Å². The lowest BCUT2D eigenvalue weighted by Crippen LogP contribution is -2.22. The Labute approximate surface area is 78.0 Å². The van der Waals surface area contributed by atoms with Crippen LogP contribution in [-0.4, -0.2) is 29.7 Å². The molecule has 0 fully saturated rings. The Hall–Kier alpha value is -0.280. The van der Waals surface area contributed by atoms with Crippen LogP contribution in [0.4, 0.5) is 0 Å². The highest BCUT2D eigenvalue weighted by atomic mass is 79.9. The summed E-state index contributed by atoms with van der Waals surface area (Å²) in [6, 6.07) is 0. The first kappa shape index (κ1) is 10.7. The fraction of sp³-hybridized carbons (Fsp3) is 0.500. The monoisotopic (exact) mass is 219 g/mol. The highest BCUT2D eigenvalue weighted by Crippen LogP contribution is 2.04. The van der Waals surface area contributed by atoms with Crippen LogP contribution in [0, 0.1) is 0 Å². The second-order valence-electron chi connectivity index (χ2n) is 2.48. The number of hydrogen-bond donors (Lipinski definition) is 1. The largest absolute Gasteiger partial charge is 0.395 e. The molecule has 0 aliphatic carbocycles. The van der Waals surface area contributed by atoms with Crippen molar-refractivity contribution in [1.29, 1.82) is 0 Å². The van der Waals surface area contributed by atoms with Crippen molar-refractivity contribution in [3.05, 3.63) is 23.9 Å². The first-order chi connectivity index (χ1) is 4.83. The van der Waals surface area contributed by atoms with Gasteiger partial charge in [0.25, 0.3) is 0 Å². The molecule has 1 aliphatic rings. The van der Waals surface area contributed by atoms with Crippen LogP contribution in [0.2, 0.25) is 0 Å². The lowest BCUT2D eigenvalue weighted by atomic mass is 10.2. The predicted molar refractivity (Wildman–Crippen MR) is 51.9 cm³/mol. The van der Waals surface area contributed by atoms with Gasteiger partial charge in [-0.1, -0.05) is 11.6 Å². The van der Waals surface area contributed by atoms with Gasteiger partial charge in [-0.05, 0) is 19.2 Å². The summed E-state index contributed by atoms with van der Waals surface area (Å²) in [6.45, 7) is 3.98. The van der Waals surface area contributed by atoms with Crippen LogP contribution in [0.5, 0.6) is 0 Å². The Morgan fingerprint density at radius 2 is 2.36 bits per heavy atom. The molecule has 1 N–H and O–H groups in total. The van der Waals surface area contributed by atoms with E-state index in [-0.39, 0.29) is 23.6 Å². The Morgan fingerprint density at radius 1 is 1.64 bits per heavy atom. The topological polar surface area (TPSA) is 23.5 Å². The molecule has 0 saturated carbocycles. The van der Waals surface area contributed by atoms with Gasteiger partial charge < -0.3 is 10.0 Å². The number of aliphatic hydroxyl groups excluding tert-OH is 1. The van der Waals surface area contributed by atoms with Crippen molar-refractivity contribution >= 4 is 17.0 Å². The third kappa shape index (κ3) is 3.58. The van der Waals surface area contributed by atoms with Crippen LogP contribution in [0.25, 0.3) is 0 Å². The summed E-state index contributed by atoms with van der Waals surface area (Å²) in [7, 11) is 0. The minimum atomic E-state index is 0. The zero-order valence-corrected chi connectivity index (χ0v) is 8.37. The highest BCUT2D eigenvalue weighted by Gasteiger charge is 1.99. The van der Waals surface area contributed by atoms with Crippen molar-refractivity contribution in [3.8, 4) is 0 Å². The third-order valence-corrected chi connectivity index (χ3v) is 1.58. The van der Waals surface area contributed by atoms with Crippen molar-refractivity contribution in [2.75, 3.05) is 19.7 Å². The molecule has 64 valence electrons. The van der Waals surface area contributed by atoms with Gasteiger partial charge in [0.05, 0.1) is 6.61 Å². The Balaban J connectivity index is 0.000001000. The predicted octanol–water partition coefficient (Wildman–Crippen LogP) is 1.33. The van der Waals surface area contributed by atoms with Gasteiger partial charge in [-0.2, -0.15) is 0 Å². The lowest BCUT2D eigenvalue weighted by molar-refractivity contribution is 0.244. The maximum absolute atomic E-state index is 8.59. The minimum absolute atomic E-state index is 0. The zero-order valence-electron chi connectivity index (χ0n) is 6.66. The molecule has 0 spiro atoms. The molecule has 1 aliphatic heterocycles. The van der Waals surface area contributed by atoms with Crippen LogP contribution in [0.15, 0.2) is 23.9 Å². The normalized spacial score (nSPS) is 15.8. The van der Waals surface area contributed by atoms with Crippen molar-refractivity contribution in [1.82, 2.24) is 4.90 Å². The summed E-state index contributed by atoms with van der Waals surface area (Å²) >= 11 is 0. The first-order valence-corrected chi connectivity index (χ1v) is 3.53. The van der Waals surface area contributed by atoms with E-state index in [9.17, 15) is 0 Å². The molecule has 0 aromatic carbocycles. The van der Waals surface area contributed by atoms with Gasteiger partial charge in [0, 0.05) is 13.1 Å². The summed E-state index contributed by atoms with van der Waals surface area (Å²) in [5, 5.41) is 8.59. The quantitative estimate of drug-likeness (QED) is 0.758. The molecule has 3 heteroatoms. The number of nitrogens with zero attached hydrogens (tertiary/aromatic N) is 1. The van der Waals surface area contributed by atoms with E-state index in [1.54, 1.807) is 0 Å². The van der Waals surface area contributed by atoms with Crippen LogP contribution < -0.4 is 0 Å². The molecule has 0 radical (unpaired) electrons. The van der Waals surface area contributed by atoms with Crippen molar-refractivity contribution in [2.24, 2.45) is 0 Å². The Bertz CT molecular complexity index is 165. The summed E-state index contributed by atoms with van der Waals surface area (Å²) in [6.07, 6.45) is 6.22. The van der Waals surface area contributed by atoms with Crippen molar-refractivity contribution in [3.63, 3.8) is 0 Å². The maximum Gasteiger partial charge on any atom is 0.0606 e. The lowest BCUT2D eigenvalue weighted by Gasteiger charge is -2.20. The molecule has 0 atom stereocenters. The van der Waals surface area contributed by atoms with Gasteiger partial charge in [0.1, 0.15) is 0 Å². The number of aliphatic hydroxyl groups is 1. The molecule has 1 heterocycles. The van der Waals surface area contributed by atoms with Gasteiger partial charge in [-0.15, -0.1) is 17.0 Å². The van der Waals surface area contributed by atoms with Crippen LogP contribution in [0.1, 0.15) is 6.92 Å². The van der Waals surface area contributed by atoms with E-state index in [1.807, 2.05) is 6.20 Å². The fourth-order valence-electron chi connectivity index (χ4n) is 0.907. The molecule has 0 unspecified atom stereocenters. The van der Waals surface area contributed by atoms with Crippen LogP contribution >= 0.6 is 17.0 Å². The van der Waals surface area contributed by atoms with Gasteiger partial charge in [-0.25, -0.2) is 0 Å². The van der Waals surface area contributed by atoms with E-state index in [4.69, 9.17) is 5.11 Å². The summed E-state index contributed by atoms with van der Waals surface area (Å²) in [5.74, 6) is 0. The summed E-state index contributed by atoms with van der Waals surface area (Å²) in [5.41, 5.74) is 1.30. The van der Waals surface area contributed by atoms with E-state index in [0.29, 0.717) is 0 Å². The van der Waals surface area contributed by atoms with Gasteiger partial charge >= 0.3 is 0 Å². The van der Waals surface area contributed by atoms with Crippen LogP contribution in [0.3, 0.4) is 0 Å². The molecule has 0 bridgehead atoms. The van der Waals surface area contributed by atoms with Crippen LogP contribution in [-0.2, 0) is 0 Å². The minimum Gasteiger partial charge on any atom is -0.395 e. The average molecular weight is 220 g/mol. The smallest absolute Gasteiger partial charge is 0.0606 e. The van der Waals surface area contributed by atoms with Crippen molar-refractivity contribution in [2.45, 2.75) is 6.92 Å². The number of allylic oxidation sites excluding steroid dienone is 2. The number of halogens is 1. The number of rotatable bonds is 2. The first-order valence-electron chi connectivity index (χ1n) is 3.53. The van der Waals surface area contributed by atoms with E-state index in [1.165, 1.54) is 5.57 Å². The standard InChI is InChI=1S/C8H13NO.BrH/c1-8-2-4-9(5-3-8)6-7-10;/h2-4,10H,5-7H2,1H3;1H. The number of hydrogen-bond acceptors (Lipinski definition) is 2. The molecule has 0 aromatic heterocycles. The second-order valence-corrected chi connectivity index (χ2v) is 2.48. The molecule has 0 amide bonds. The van der Waals surface area contributed by atoms with Crippen molar-refractivity contribution < 1.29 is 5.11 Å². The molecule has 11 heavy (non-hydrogen) atoms. The van der Waals surface area contributed by atoms with E-state index < -0.39 is 0 Å². The number of β-amino-alcohol motifs (C(OH)–C–C–N with tert-alkyl or cyclic N) is 1. The maximum atomic E-state index is 8.59. The van der Waals surface area contributed by atoms with E-state index in [0.717, 1.165) is 13.1 Å². The summed E-state index contributed by atoms with van der Waals surface area (Å²) in [4.78, 5) is 2.08. The zero-order chi connectivity index (χ0) is 7.40. The average Bonchev–Trinajstić information content (AvgIpc) is 1.95. The Morgan fingerprint density at radius 3 is 2.82 bits per heavy atom. The molecular weight excluding hydrogens is 206 g/mol. The fourth-order valence-corrected chi connectivity index (χ4v) is 0.907. The van der Waals surface area contributed by atoms with E-state index in [2.05, 4.69) is 24.0 Å². The molecule has 1 rings (SSSR count). The molecule has 2 nitrogen and oxygen atoms in total. The highest BCUT2D eigenvalue weighted by molar-refractivity contribution is 8.93.